The van der Waals surface area contributed by atoms with Gasteiger partial charge in [-0.1, -0.05) is 19.1 Å². The normalized spacial score (nSPS) is 16.9. The quantitative estimate of drug-likeness (QED) is 0.876. The Labute approximate surface area is 114 Å². The van der Waals surface area contributed by atoms with Gasteiger partial charge >= 0.3 is 0 Å². The molecule has 1 amide bonds. The van der Waals surface area contributed by atoms with Crippen LogP contribution in [-0.4, -0.2) is 36.5 Å². The van der Waals surface area contributed by atoms with Gasteiger partial charge < -0.3 is 15.4 Å². The summed E-state index contributed by atoms with van der Waals surface area (Å²) in [5.41, 5.74) is 7.08. The Bertz CT molecular complexity index is 436. The molecule has 1 aromatic rings. The second-order valence-electron chi connectivity index (χ2n) is 5.31. The predicted octanol–water partition coefficient (Wildman–Crippen LogP) is 1.58. The SMILES string of the molecule is CCC1(N)CN(C(=O)CCc2ccc(OC)cc2)C1. The maximum Gasteiger partial charge on any atom is 0.223 e. The molecule has 0 aliphatic carbocycles. The van der Waals surface area contributed by atoms with Crippen LogP contribution in [0.2, 0.25) is 0 Å². The lowest BCUT2D eigenvalue weighted by Crippen LogP contribution is -2.68. The fourth-order valence-electron chi connectivity index (χ4n) is 2.32. The number of ether oxygens (including phenoxy) is 1. The van der Waals surface area contributed by atoms with Gasteiger partial charge in [0.25, 0.3) is 0 Å². The lowest BCUT2D eigenvalue weighted by atomic mass is 9.88. The third-order valence-corrected chi connectivity index (χ3v) is 3.85. The summed E-state index contributed by atoms with van der Waals surface area (Å²) in [7, 11) is 1.65. The van der Waals surface area contributed by atoms with Crippen molar-refractivity contribution in [2.24, 2.45) is 5.73 Å². The maximum atomic E-state index is 12.0. The number of hydrogen-bond acceptors (Lipinski definition) is 3. The van der Waals surface area contributed by atoms with Crippen molar-refractivity contribution >= 4 is 5.91 Å². The molecule has 4 nitrogen and oxygen atoms in total. The number of methoxy groups -OCH3 is 1. The van der Waals surface area contributed by atoms with Gasteiger partial charge in [0.2, 0.25) is 5.91 Å². The molecule has 0 atom stereocenters. The first kappa shape index (κ1) is 13.9. The van der Waals surface area contributed by atoms with Crippen molar-refractivity contribution in [3.8, 4) is 5.75 Å². The Hall–Kier alpha value is -1.55. The van der Waals surface area contributed by atoms with Crippen LogP contribution in [-0.2, 0) is 11.2 Å². The average molecular weight is 262 g/mol. The first-order valence-corrected chi connectivity index (χ1v) is 6.76. The van der Waals surface area contributed by atoms with Gasteiger partial charge in [0.1, 0.15) is 5.75 Å². The fraction of sp³-hybridized carbons (Fsp3) is 0.533. The predicted molar refractivity (Wildman–Crippen MR) is 75.1 cm³/mol. The Balaban J connectivity index is 1.78. The smallest absolute Gasteiger partial charge is 0.223 e. The van der Waals surface area contributed by atoms with E-state index in [2.05, 4.69) is 6.92 Å². The minimum atomic E-state index is -0.143. The molecule has 0 bridgehead atoms. The van der Waals surface area contributed by atoms with Crippen molar-refractivity contribution in [2.45, 2.75) is 31.7 Å². The molecule has 1 aliphatic heterocycles. The minimum Gasteiger partial charge on any atom is -0.497 e. The van der Waals surface area contributed by atoms with Gasteiger partial charge in [-0.2, -0.15) is 0 Å². The lowest BCUT2D eigenvalue weighted by Gasteiger charge is -2.47. The van der Waals surface area contributed by atoms with Crippen molar-refractivity contribution in [2.75, 3.05) is 20.2 Å². The van der Waals surface area contributed by atoms with Crippen LogP contribution in [0.4, 0.5) is 0 Å². The molecule has 104 valence electrons. The van der Waals surface area contributed by atoms with E-state index in [9.17, 15) is 4.79 Å². The van der Waals surface area contributed by atoms with Crippen LogP contribution in [0.1, 0.15) is 25.3 Å². The number of nitrogens with zero attached hydrogens (tertiary/aromatic N) is 1. The Morgan fingerprint density at radius 3 is 2.53 bits per heavy atom. The summed E-state index contributed by atoms with van der Waals surface area (Å²) < 4.78 is 5.11. The van der Waals surface area contributed by atoms with E-state index in [4.69, 9.17) is 10.5 Å². The highest BCUT2D eigenvalue weighted by atomic mass is 16.5. The third kappa shape index (κ3) is 3.26. The van der Waals surface area contributed by atoms with E-state index in [0.29, 0.717) is 19.5 Å². The third-order valence-electron chi connectivity index (χ3n) is 3.85. The summed E-state index contributed by atoms with van der Waals surface area (Å²) in [4.78, 5) is 13.8. The number of aryl methyl sites for hydroxylation is 1. The van der Waals surface area contributed by atoms with Gasteiger partial charge in [-0.05, 0) is 30.5 Å². The number of carbonyl (C=O) groups excluding carboxylic acids is 1. The Morgan fingerprint density at radius 2 is 2.00 bits per heavy atom. The van der Waals surface area contributed by atoms with Crippen LogP contribution in [0, 0.1) is 0 Å². The number of amides is 1. The molecule has 4 heteroatoms. The molecule has 2 N–H and O–H groups in total. The number of nitrogens with two attached hydrogens (primary N) is 1. The molecule has 0 aromatic heterocycles. The van der Waals surface area contributed by atoms with E-state index in [-0.39, 0.29) is 11.4 Å². The summed E-state index contributed by atoms with van der Waals surface area (Å²) in [6.07, 6.45) is 2.24. The average Bonchev–Trinajstić information content (AvgIpc) is 2.41. The van der Waals surface area contributed by atoms with Gasteiger partial charge in [-0.25, -0.2) is 0 Å². The van der Waals surface area contributed by atoms with Gasteiger partial charge in [0, 0.05) is 19.5 Å². The summed E-state index contributed by atoms with van der Waals surface area (Å²) in [6.45, 7) is 3.47. The first-order valence-electron chi connectivity index (χ1n) is 6.76. The minimum absolute atomic E-state index is 0.143. The van der Waals surface area contributed by atoms with E-state index in [0.717, 1.165) is 24.2 Å². The Morgan fingerprint density at radius 1 is 1.37 bits per heavy atom. The van der Waals surface area contributed by atoms with Gasteiger partial charge in [0.15, 0.2) is 0 Å². The van der Waals surface area contributed by atoms with Crippen LogP contribution in [0.3, 0.4) is 0 Å². The number of hydrogen-bond donors (Lipinski definition) is 1. The van der Waals surface area contributed by atoms with E-state index in [1.807, 2.05) is 29.2 Å². The van der Waals surface area contributed by atoms with Crippen LogP contribution in [0.15, 0.2) is 24.3 Å². The highest BCUT2D eigenvalue weighted by molar-refractivity contribution is 5.77. The number of rotatable bonds is 5. The van der Waals surface area contributed by atoms with Crippen LogP contribution in [0.25, 0.3) is 0 Å². The largest absolute Gasteiger partial charge is 0.497 e. The molecule has 1 fully saturated rings. The zero-order valence-electron chi connectivity index (χ0n) is 11.7. The van der Waals surface area contributed by atoms with E-state index < -0.39 is 0 Å². The van der Waals surface area contributed by atoms with E-state index in [1.165, 1.54) is 0 Å². The maximum absolute atomic E-state index is 12.0. The molecule has 1 saturated heterocycles. The molecule has 19 heavy (non-hydrogen) atoms. The number of benzene rings is 1. The summed E-state index contributed by atoms with van der Waals surface area (Å²) in [5, 5.41) is 0. The highest BCUT2D eigenvalue weighted by Gasteiger charge is 2.39. The monoisotopic (exact) mass is 262 g/mol. The van der Waals surface area contributed by atoms with Gasteiger partial charge in [0.05, 0.1) is 12.6 Å². The molecule has 0 saturated carbocycles. The molecule has 1 aliphatic rings. The Kier molecular flexibility index (Phi) is 4.10. The van der Waals surface area contributed by atoms with E-state index in [1.54, 1.807) is 7.11 Å². The summed E-state index contributed by atoms with van der Waals surface area (Å²) >= 11 is 0. The number of likely N-dealkylation sites (tertiary alicyclic amines) is 1. The summed E-state index contributed by atoms with van der Waals surface area (Å²) in [6, 6.07) is 7.85. The topological polar surface area (TPSA) is 55.6 Å². The molecule has 0 spiro atoms. The van der Waals surface area contributed by atoms with Crippen LogP contribution in [0.5, 0.6) is 5.75 Å². The lowest BCUT2D eigenvalue weighted by molar-refractivity contribution is -0.138. The van der Waals surface area contributed by atoms with Crippen molar-refractivity contribution in [3.63, 3.8) is 0 Å². The van der Waals surface area contributed by atoms with Crippen molar-refractivity contribution in [1.82, 2.24) is 4.90 Å². The zero-order valence-corrected chi connectivity index (χ0v) is 11.7. The van der Waals surface area contributed by atoms with Crippen molar-refractivity contribution in [1.29, 1.82) is 0 Å². The molecule has 0 unspecified atom stereocenters. The zero-order chi connectivity index (χ0) is 13.9. The summed E-state index contributed by atoms with van der Waals surface area (Å²) in [5.74, 6) is 1.04. The molecule has 1 aromatic carbocycles. The second-order valence-corrected chi connectivity index (χ2v) is 5.31. The number of carbonyl (C=O) groups is 1. The molecular weight excluding hydrogens is 240 g/mol. The highest BCUT2D eigenvalue weighted by Crippen LogP contribution is 2.22. The first-order chi connectivity index (χ1) is 9.06. The fourth-order valence-corrected chi connectivity index (χ4v) is 2.32. The van der Waals surface area contributed by atoms with Crippen molar-refractivity contribution in [3.05, 3.63) is 29.8 Å². The molecule has 2 rings (SSSR count). The van der Waals surface area contributed by atoms with Gasteiger partial charge in [-0.3, -0.25) is 4.79 Å². The molecule has 1 heterocycles. The van der Waals surface area contributed by atoms with E-state index >= 15 is 0 Å². The second kappa shape index (κ2) is 5.61. The van der Waals surface area contributed by atoms with Crippen LogP contribution < -0.4 is 10.5 Å². The van der Waals surface area contributed by atoms with Gasteiger partial charge in [-0.15, -0.1) is 0 Å². The molecular formula is C15H22N2O2. The van der Waals surface area contributed by atoms with Crippen molar-refractivity contribution < 1.29 is 9.53 Å². The molecule has 0 radical (unpaired) electrons. The van der Waals surface area contributed by atoms with Crippen LogP contribution >= 0.6 is 0 Å². The standard InChI is InChI=1S/C15H22N2O2/c1-3-15(16)10-17(11-15)14(18)9-6-12-4-7-13(19-2)8-5-12/h4-5,7-8H,3,6,9-11,16H2,1-2H3.